The van der Waals surface area contributed by atoms with Crippen LogP contribution < -0.4 is 4.74 Å². The monoisotopic (exact) mass is 240 g/mol. The molecule has 0 aliphatic rings. The molecule has 1 aromatic rings. The quantitative estimate of drug-likeness (QED) is 0.869. The van der Waals surface area contributed by atoms with Gasteiger partial charge in [0.2, 0.25) is 0 Å². The van der Waals surface area contributed by atoms with E-state index in [4.69, 9.17) is 4.74 Å². The van der Waals surface area contributed by atoms with Gasteiger partial charge in [-0.1, -0.05) is 20.8 Å². The van der Waals surface area contributed by atoms with Gasteiger partial charge < -0.3 is 9.84 Å². The third-order valence-electron chi connectivity index (χ3n) is 2.54. The van der Waals surface area contributed by atoms with Crippen LogP contribution in [0.25, 0.3) is 0 Å². The van der Waals surface area contributed by atoms with Crippen LogP contribution in [0, 0.1) is 11.2 Å². The summed E-state index contributed by atoms with van der Waals surface area (Å²) in [5.41, 5.74) is 0.506. The van der Waals surface area contributed by atoms with Gasteiger partial charge in [0.1, 0.15) is 11.6 Å². The van der Waals surface area contributed by atoms with Crippen molar-refractivity contribution in [2.24, 2.45) is 5.41 Å². The van der Waals surface area contributed by atoms with Gasteiger partial charge in [-0.05, 0) is 30.9 Å². The van der Waals surface area contributed by atoms with E-state index in [1.54, 1.807) is 19.1 Å². The molecule has 0 saturated carbocycles. The summed E-state index contributed by atoms with van der Waals surface area (Å²) in [6.07, 6.45) is 0.117. The molecule has 0 spiro atoms. The molecule has 0 amide bonds. The number of hydrogen-bond donors (Lipinski definition) is 1. The number of hydrogen-bond acceptors (Lipinski definition) is 2. The number of aliphatic hydroxyl groups excluding tert-OH is 1. The lowest BCUT2D eigenvalue weighted by molar-refractivity contribution is 0.193. The predicted molar refractivity (Wildman–Crippen MR) is 66.6 cm³/mol. The van der Waals surface area contributed by atoms with Crippen LogP contribution >= 0.6 is 0 Å². The number of halogens is 1. The van der Waals surface area contributed by atoms with Crippen LogP contribution in [0.15, 0.2) is 18.2 Å². The molecular weight excluding hydrogens is 219 g/mol. The second-order valence-corrected chi connectivity index (χ2v) is 5.52. The van der Waals surface area contributed by atoms with E-state index in [-0.39, 0.29) is 5.41 Å². The van der Waals surface area contributed by atoms with Gasteiger partial charge >= 0.3 is 0 Å². The smallest absolute Gasteiger partial charge is 0.132 e. The van der Waals surface area contributed by atoms with Crippen LogP contribution in [0.5, 0.6) is 5.75 Å². The zero-order chi connectivity index (χ0) is 13.1. The third-order valence-corrected chi connectivity index (χ3v) is 2.54. The molecule has 1 rings (SSSR count). The maximum atomic E-state index is 13.5. The zero-order valence-electron chi connectivity index (χ0n) is 11.0. The summed E-state index contributed by atoms with van der Waals surface area (Å²) >= 11 is 0. The Bertz CT molecular complexity index is 367. The highest BCUT2D eigenvalue weighted by atomic mass is 19.1. The van der Waals surface area contributed by atoms with Gasteiger partial charge in [-0.2, -0.15) is 0 Å². The molecule has 1 N–H and O–H groups in total. The molecule has 0 radical (unpaired) electrons. The highest BCUT2D eigenvalue weighted by Crippen LogP contribution is 2.23. The molecule has 17 heavy (non-hydrogen) atoms. The molecule has 1 atom stereocenters. The number of rotatable bonds is 4. The van der Waals surface area contributed by atoms with E-state index in [1.807, 2.05) is 0 Å². The van der Waals surface area contributed by atoms with Crippen LogP contribution in [0.4, 0.5) is 4.39 Å². The maximum absolute atomic E-state index is 13.5. The molecule has 0 aliphatic carbocycles. The summed E-state index contributed by atoms with van der Waals surface area (Å²) in [5, 5.41) is 9.30. The van der Waals surface area contributed by atoms with E-state index in [2.05, 4.69) is 20.8 Å². The highest BCUT2D eigenvalue weighted by molar-refractivity contribution is 5.29. The molecular formula is C14H21FO2. The first-order valence-electron chi connectivity index (χ1n) is 5.90. The molecule has 2 nitrogen and oxygen atoms in total. The lowest BCUT2D eigenvalue weighted by Gasteiger charge is -2.18. The minimum absolute atomic E-state index is 0.206. The van der Waals surface area contributed by atoms with Crippen LogP contribution in [0.3, 0.4) is 0 Å². The molecule has 0 saturated heterocycles. The fraction of sp³-hybridized carbons (Fsp3) is 0.571. The normalized spacial score (nSPS) is 13.5. The van der Waals surface area contributed by atoms with Gasteiger partial charge in [-0.25, -0.2) is 4.39 Å². The fourth-order valence-electron chi connectivity index (χ4n) is 1.41. The first-order chi connectivity index (χ1) is 7.79. The maximum Gasteiger partial charge on any atom is 0.132 e. The predicted octanol–water partition coefficient (Wildman–Crippen LogP) is 3.69. The van der Waals surface area contributed by atoms with Crippen LogP contribution in [0.2, 0.25) is 0 Å². The van der Waals surface area contributed by atoms with E-state index in [0.717, 1.165) is 6.42 Å². The van der Waals surface area contributed by atoms with Gasteiger partial charge in [0.25, 0.3) is 0 Å². The average Bonchev–Trinajstić information content (AvgIpc) is 2.15. The lowest BCUT2D eigenvalue weighted by atomic mass is 9.93. The van der Waals surface area contributed by atoms with Crippen LogP contribution in [0.1, 0.15) is 45.8 Å². The number of aliphatic hydroxyl groups is 1. The van der Waals surface area contributed by atoms with E-state index < -0.39 is 11.9 Å². The lowest BCUT2D eigenvalue weighted by Crippen LogP contribution is -2.11. The summed E-state index contributed by atoms with van der Waals surface area (Å²) < 4.78 is 19.0. The third kappa shape index (κ3) is 4.73. The first kappa shape index (κ1) is 14.0. The Morgan fingerprint density at radius 2 is 2.00 bits per heavy atom. The van der Waals surface area contributed by atoms with Crippen molar-refractivity contribution >= 4 is 0 Å². The molecule has 0 fully saturated rings. The van der Waals surface area contributed by atoms with Crippen molar-refractivity contribution in [2.75, 3.05) is 6.61 Å². The molecule has 0 unspecified atom stereocenters. The molecule has 1 aromatic carbocycles. The van der Waals surface area contributed by atoms with Crippen molar-refractivity contribution in [2.45, 2.75) is 40.2 Å². The van der Waals surface area contributed by atoms with Gasteiger partial charge in [-0.15, -0.1) is 0 Å². The van der Waals surface area contributed by atoms with E-state index in [0.29, 0.717) is 17.9 Å². The number of benzene rings is 1. The highest BCUT2D eigenvalue weighted by Gasteiger charge is 2.11. The molecule has 0 heterocycles. The Morgan fingerprint density at radius 3 is 2.47 bits per heavy atom. The summed E-state index contributed by atoms with van der Waals surface area (Å²) in [7, 11) is 0. The van der Waals surface area contributed by atoms with Crippen molar-refractivity contribution in [1.82, 2.24) is 0 Å². The first-order valence-corrected chi connectivity index (χ1v) is 5.90. The van der Waals surface area contributed by atoms with Crippen molar-refractivity contribution in [1.29, 1.82) is 0 Å². The summed E-state index contributed by atoms with van der Waals surface area (Å²) in [5.74, 6) is 0.0874. The van der Waals surface area contributed by atoms with Crippen molar-refractivity contribution < 1.29 is 14.2 Å². The number of ether oxygens (including phenoxy) is 1. The Kier molecular flexibility index (Phi) is 4.52. The zero-order valence-corrected chi connectivity index (χ0v) is 11.0. The second kappa shape index (κ2) is 5.50. The topological polar surface area (TPSA) is 29.5 Å². The Labute approximate surface area is 102 Å². The van der Waals surface area contributed by atoms with Crippen molar-refractivity contribution in [3.05, 3.63) is 29.6 Å². The Balaban J connectivity index is 2.59. The summed E-state index contributed by atoms with van der Waals surface area (Å²) in [6.45, 7) is 8.50. The molecule has 0 bridgehead atoms. The molecule has 96 valence electrons. The largest absolute Gasteiger partial charge is 0.493 e. The van der Waals surface area contributed by atoms with E-state index >= 15 is 0 Å². The minimum Gasteiger partial charge on any atom is -0.493 e. The van der Waals surface area contributed by atoms with Crippen LogP contribution in [-0.2, 0) is 0 Å². The second-order valence-electron chi connectivity index (χ2n) is 5.52. The average molecular weight is 240 g/mol. The van der Waals surface area contributed by atoms with Crippen molar-refractivity contribution in [3.8, 4) is 5.75 Å². The fourth-order valence-corrected chi connectivity index (χ4v) is 1.41. The van der Waals surface area contributed by atoms with Crippen molar-refractivity contribution in [3.63, 3.8) is 0 Å². The molecule has 0 aromatic heterocycles. The van der Waals surface area contributed by atoms with Gasteiger partial charge in [0.05, 0.1) is 12.7 Å². The van der Waals surface area contributed by atoms with E-state index in [1.165, 1.54) is 6.07 Å². The Morgan fingerprint density at radius 1 is 1.35 bits per heavy atom. The Hall–Kier alpha value is -1.09. The summed E-state index contributed by atoms with van der Waals surface area (Å²) in [6, 6.07) is 4.57. The molecule has 3 heteroatoms. The standard InChI is InChI=1S/C14H21FO2/c1-10(16)12-6-5-11(9-13(12)15)17-8-7-14(2,3)4/h5-6,9-10,16H,7-8H2,1-4H3/t10-/m0/s1. The summed E-state index contributed by atoms with van der Waals surface area (Å²) in [4.78, 5) is 0. The van der Waals surface area contributed by atoms with E-state index in [9.17, 15) is 9.50 Å². The van der Waals surface area contributed by atoms with Gasteiger partial charge in [-0.3, -0.25) is 0 Å². The minimum atomic E-state index is -0.793. The SMILES string of the molecule is C[C@H](O)c1ccc(OCCC(C)(C)C)cc1F. The van der Waals surface area contributed by atoms with Gasteiger partial charge in [0, 0.05) is 11.6 Å². The van der Waals surface area contributed by atoms with Crippen LogP contribution in [-0.4, -0.2) is 11.7 Å². The molecule has 0 aliphatic heterocycles. The van der Waals surface area contributed by atoms with Gasteiger partial charge in [0.15, 0.2) is 0 Å².